The van der Waals surface area contributed by atoms with Crippen LogP contribution in [-0.4, -0.2) is 54.8 Å². The number of rotatable bonds is 8. The Bertz CT molecular complexity index is 1320. The van der Waals surface area contributed by atoms with Crippen LogP contribution in [0, 0.1) is 5.82 Å². The van der Waals surface area contributed by atoms with E-state index in [2.05, 4.69) is 9.97 Å². The lowest BCUT2D eigenvalue weighted by Crippen LogP contribution is -2.39. The van der Waals surface area contributed by atoms with E-state index in [9.17, 15) is 17.9 Å². The van der Waals surface area contributed by atoms with Gasteiger partial charge in [-0.1, -0.05) is 0 Å². The maximum Gasteiger partial charge on any atom is 0.233 e. The highest BCUT2D eigenvalue weighted by Gasteiger charge is 2.36. The predicted octanol–water partition coefficient (Wildman–Crippen LogP) is 2.94. The second-order valence-corrected chi connectivity index (χ2v) is 10.7. The second kappa shape index (κ2) is 10.1. The first-order valence-corrected chi connectivity index (χ1v) is 12.9. The minimum Gasteiger partial charge on any atom is -0.457 e. The van der Waals surface area contributed by atoms with Crippen molar-refractivity contribution in [2.45, 2.75) is 32.0 Å². The van der Waals surface area contributed by atoms with E-state index in [0.717, 1.165) is 10.6 Å². The van der Waals surface area contributed by atoms with E-state index in [0.29, 0.717) is 17.1 Å². The molecule has 3 aromatic rings. The molecule has 192 valence electrons. The molecule has 1 fully saturated rings. The first kappa shape index (κ1) is 25.9. The minimum atomic E-state index is -3.79. The van der Waals surface area contributed by atoms with E-state index in [1.165, 1.54) is 30.3 Å². The van der Waals surface area contributed by atoms with E-state index in [1.54, 1.807) is 38.1 Å². The van der Waals surface area contributed by atoms with Gasteiger partial charge in [-0.2, -0.15) is 0 Å². The third-order valence-corrected chi connectivity index (χ3v) is 6.43. The molecule has 0 amide bonds. The molecular weight excluding hydrogens is 491 g/mol. The highest BCUT2D eigenvalue weighted by Crippen LogP contribution is 2.29. The molecule has 2 atom stereocenters. The molecule has 0 saturated carbocycles. The molecule has 10 nitrogen and oxygen atoms in total. The smallest absolute Gasteiger partial charge is 0.233 e. The van der Waals surface area contributed by atoms with Crippen LogP contribution >= 0.6 is 0 Å². The Morgan fingerprint density at radius 2 is 1.78 bits per heavy atom. The van der Waals surface area contributed by atoms with Gasteiger partial charge in [0.1, 0.15) is 35.5 Å². The zero-order chi connectivity index (χ0) is 26.1. The zero-order valence-electron chi connectivity index (χ0n) is 20.0. The van der Waals surface area contributed by atoms with Crippen molar-refractivity contribution < 1.29 is 32.1 Å². The van der Waals surface area contributed by atoms with E-state index in [-0.39, 0.29) is 36.3 Å². The number of aliphatic hydroxyl groups excluding tert-OH is 1. The minimum absolute atomic E-state index is 0.0296. The Morgan fingerprint density at radius 3 is 2.31 bits per heavy atom. The second-order valence-electron chi connectivity index (χ2n) is 8.74. The Kier molecular flexibility index (Phi) is 7.25. The average Bonchev–Trinajstić information content (AvgIpc) is 3.16. The van der Waals surface area contributed by atoms with Crippen LogP contribution in [0.25, 0.3) is 11.4 Å². The molecule has 1 aliphatic heterocycles. The summed E-state index contributed by atoms with van der Waals surface area (Å²) in [4.78, 5) is 8.74. The van der Waals surface area contributed by atoms with Crippen molar-refractivity contribution >= 4 is 15.8 Å². The highest BCUT2D eigenvalue weighted by molar-refractivity contribution is 7.92. The number of aliphatic hydroxyl groups is 1. The zero-order valence-corrected chi connectivity index (χ0v) is 20.8. The van der Waals surface area contributed by atoms with Crippen LogP contribution in [0.1, 0.15) is 25.8 Å². The lowest BCUT2D eigenvalue weighted by Gasteiger charge is -2.25. The van der Waals surface area contributed by atoms with Crippen molar-refractivity contribution in [3.05, 3.63) is 66.1 Å². The number of benzene rings is 2. The molecule has 1 saturated heterocycles. The molecule has 2 aromatic carbocycles. The quantitative estimate of drug-likeness (QED) is 0.431. The normalized spacial score (nSPS) is 18.1. The van der Waals surface area contributed by atoms with E-state index < -0.39 is 28.1 Å². The first-order chi connectivity index (χ1) is 16.9. The van der Waals surface area contributed by atoms with Gasteiger partial charge in [-0.3, -0.25) is 4.31 Å². The van der Waals surface area contributed by atoms with Crippen molar-refractivity contribution in [2.75, 3.05) is 23.7 Å². The number of sulfonamides is 1. The molecule has 0 spiro atoms. The molecular formula is C24H27FN4O6S. The molecule has 36 heavy (non-hydrogen) atoms. The van der Waals surface area contributed by atoms with Gasteiger partial charge in [-0.25, -0.2) is 22.8 Å². The summed E-state index contributed by atoms with van der Waals surface area (Å²) in [5.41, 5.74) is 6.23. The molecule has 2 heterocycles. The molecule has 0 aliphatic carbocycles. The molecule has 0 bridgehead atoms. The molecule has 1 aliphatic rings. The van der Waals surface area contributed by atoms with E-state index in [1.807, 2.05) is 0 Å². The standard InChI is InChI=1S/C24H27FN4O6S/c1-24(2)33-14-19(35-24)13-29(36(3,31)32)21-12-20(22(26)30)27-23(28-21)15-4-8-17(9-5-15)34-18-10-6-16(25)7-11-18/h4-12,19,22,30H,13-14,26H2,1-3H3. The van der Waals surface area contributed by atoms with Crippen LogP contribution in [0.2, 0.25) is 0 Å². The number of anilines is 1. The summed E-state index contributed by atoms with van der Waals surface area (Å²) in [7, 11) is -3.79. The topological polar surface area (TPSA) is 137 Å². The number of nitrogens with two attached hydrogens (primary N) is 1. The van der Waals surface area contributed by atoms with Crippen LogP contribution in [0.5, 0.6) is 11.5 Å². The number of aromatic nitrogens is 2. The van der Waals surface area contributed by atoms with Gasteiger partial charge in [-0.05, 0) is 62.4 Å². The largest absolute Gasteiger partial charge is 0.457 e. The van der Waals surface area contributed by atoms with Crippen molar-refractivity contribution in [1.82, 2.24) is 9.97 Å². The summed E-state index contributed by atoms with van der Waals surface area (Å²) in [6.07, 6.45) is -0.934. The van der Waals surface area contributed by atoms with E-state index >= 15 is 0 Å². The van der Waals surface area contributed by atoms with Crippen molar-refractivity contribution in [3.8, 4) is 22.9 Å². The van der Waals surface area contributed by atoms with Gasteiger partial charge in [-0.15, -0.1) is 0 Å². The first-order valence-electron chi connectivity index (χ1n) is 11.1. The highest BCUT2D eigenvalue weighted by atomic mass is 32.2. The van der Waals surface area contributed by atoms with Crippen molar-refractivity contribution in [2.24, 2.45) is 5.73 Å². The maximum atomic E-state index is 13.1. The van der Waals surface area contributed by atoms with Crippen LogP contribution < -0.4 is 14.8 Å². The van der Waals surface area contributed by atoms with Crippen LogP contribution in [-0.2, 0) is 19.5 Å². The number of halogens is 1. The van der Waals surface area contributed by atoms with Crippen LogP contribution in [0.15, 0.2) is 54.6 Å². The van der Waals surface area contributed by atoms with Gasteiger partial charge in [0.2, 0.25) is 10.0 Å². The molecule has 3 N–H and O–H groups in total. The Balaban J connectivity index is 1.64. The van der Waals surface area contributed by atoms with E-state index in [4.69, 9.17) is 19.9 Å². The van der Waals surface area contributed by atoms with Gasteiger partial charge < -0.3 is 25.1 Å². The fourth-order valence-corrected chi connectivity index (χ4v) is 4.48. The Hall–Kier alpha value is -3.16. The summed E-state index contributed by atoms with van der Waals surface area (Å²) >= 11 is 0. The summed E-state index contributed by atoms with van der Waals surface area (Å²) < 4.78 is 56.6. The molecule has 4 rings (SSSR count). The fourth-order valence-electron chi connectivity index (χ4n) is 3.61. The molecule has 0 radical (unpaired) electrons. The number of nitrogens with zero attached hydrogens (tertiary/aromatic N) is 3. The van der Waals surface area contributed by atoms with Gasteiger partial charge in [0.15, 0.2) is 11.6 Å². The predicted molar refractivity (Wildman–Crippen MR) is 130 cm³/mol. The number of hydrogen-bond donors (Lipinski definition) is 2. The Labute approximate surface area is 208 Å². The summed E-state index contributed by atoms with van der Waals surface area (Å²) in [6, 6.07) is 13.6. The lowest BCUT2D eigenvalue weighted by atomic mass is 10.2. The van der Waals surface area contributed by atoms with Gasteiger partial charge in [0, 0.05) is 11.6 Å². The molecule has 2 unspecified atom stereocenters. The van der Waals surface area contributed by atoms with Crippen molar-refractivity contribution in [3.63, 3.8) is 0 Å². The Morgan fingerprint density at radius 1 is 1.17 bits per heavy atom. The van der Waals surface area contributed by atoms with Gasteiger partial charge >= 0.3 is 0 Å². The average molecular weight is 519 g/mol. The number of hydrogen-bond acceptors (Lipinski definition) is 9. The molecule has 12 heteroatoms. The lowest BCUT2D eigenvalue weighted by molar-refractivity contribution is -0.136. The van der Waals surface area contributed by atoms with Crippen molar-refractivity contribution in [1.29, 1.82) is 0 Å². The van der Waals surface area contributed by atoms with Crippen LogP contribution in [0.3, 0.4) is 0 Å². The third kappa shape index (κ3) is 6.33. The SMILES string of the molecule is CC1(C)OCC(CN(c2cc(C(N)O)nc(-c3ccc(Oc4ccc(F)cc4)cc3)n2)S(C)(=O)=O)O1. The number of ether oxygens (including phenoxy) is 3. The maximum absolute atomic E-state index is 13.1. The molecule has 1 aromatic heterocycles. The van der Waals surface area contributed by atoms with Crippen LogP contribution in [0.4, 0.5) is 10.2 Å². The fraction of sp³-hybridized carbons (Fsp3) is 0.333. The summed E-state index contributed by atoms with van der Waals surface area (Å²) in [5.74, 6) is -0.0761. The van der Waals surface area contributed by atoms with Gasteiger partial charge in [0.25, 0.3) is 0 Å². The summed E-state index contributed by atoms with van der Waals surface area (Å²) in [5, 5.41) is 10.0. The monoisotopic (exact) mass is 518 g/mol. The third-order valence-electron chi connectivity index (χ3n) is 5.29. The summed E-state index contributed by atoms with van der Waals surface area (Å²) in [6.45, 7) is 3.64. The van der Waals surface area contributed by atoms with Gasteiger partial charge in [0.05, 0.1) is 25.1 Å².